The Kier molecular flexibility index (Phi) is 3.21. The van der Waals surface area contributed by atoms with E-state index < -0.39 is 17.2 Å². The van der Waals surface area contributed by atoms with Crippen LogP contribution in [0.2, 0.25) is 0 Å². The zero-order valence-electron chi connectivity index (χ0n) is 12.8. The molecule has 1 aromatic carbocycles. The summed E-state index contributed by atoms with van der Waals surface area (Å²) in [7, 11) is 2.00. The van der Waals surface area contributed by atoms with Gasteiger partial charge < -0.3 is 9.72 Å². The Balaban J connectivity index is 1.81. The molecule has 3 heterocycles. The second kappa shape index (κ2) is 5.07. The SMILES string of the molecule is Bc1ccc(C2(c3nc4ncc(C(F)(F)F)cc4[nH]3)COC2)cc1. The van der Waals surface area contributed by atoms with E-state index in [-0.39, 0.29) is 11.2 Å². The Morgan fingerprint density at radius 3 is 2.46 bits per heavy atom. The highest BCUT2D eigenvalue weighted by molar-refractivity contribution is 6.32. The quantitative estimate of drug-likeness (QED) is 0.725. The molecule has 0 unspecified atom stereocenters. The third-order valence-electron chi connectivity index (χ3n) is 4.42. The molecule has 2 aromatic heterocycles. The lowest BCUT2D eigenvalue weighted by Crippen LogP contribution is -2.48. The number of nitrogens with zero attached hydrogens (tertiary/aromatic N) is 2. The minimum absolute atomic E-state index is 0.274. The Bertz CT molecular complexity index is 901. The van der Waals surface area contributed by atoms with Gasteiger partial charge in [0.15, 0.2) is 5.65 Å². The summed E-state index contributed by atoms with van der Waals surface area (Å²) in [5.74, 6) is 0.583. The average Bonchev–Trinajstić information content (AvgIpc) is 2.90. The molecule has 0 spiro atoms. The molecule has 4 nitrogen and oxygen atoms in total. The first kappa shape index (κ1) is 15.2. The molecule has 0 saturated carbocycles. The summed E-state index contributed by atoms with van der Waals surface area (Å²) in [6, 6.07) is 9.04. The van der Waals surface area contributed by atoms with Gasteiger partial charge in [-0.2, -0.15) is 13.2 Å². The van der Waals surface area contributed by atoms with Crippen molar-refractivity contribution in [2.24, 2.45) is 0 Å². The summed E-state index contributed by atoms with van der Waals surface area (Å²) in [5, 5.41) is 0. The molecule has 0 aliphatic carbocycles. The summed E-state index contributed by atoms with van der Waals surface area (Å²) in [5.41, 5.74) is 1.45. The molecular weight excluding hydrogens is 318 g/mol. The van der Waals surface area contributed by atoms with Crippen LogP contribution in [-0.4, -0.2) is 36.0 Å². The molecule has 3 aromatic rings. The molecule has 0 bridgehead atoms. The first-order valence-electron chi connectivity index (χ1n) is 7.47. The van der Waals surface area contributed by atoms with Crippen LogP contribution in [0.25, 0.3) is 11.2 Å². The van der Waals surface area contributed by atoms with Crippen LogP contribution in [0.1, 0.15) is 17.0 Å². The maximum Gasteiger partial charge on any atom is 0.417 e. The van der Waals surface area contributed by atoms with Crippen molar-refractivity contribution in [3.8, 4) is 0 Å². The van der Waals surface area contributed by atoms with Gasteiger partial charge in [-0.25, -0.2) is 9.97 Å². The van der Waals surface area contributed by atoms with E-state index in [1.807, 2.05) is 32.1 Å². The molecule has 1 fully saturated rings. The largest absolute Gasteiger partial charge is 0.417 e. The maximum absolute atomic E-state index is 12.8. The molecular formula is C16H13BF3N3O. The Hall–Kier alpha value is -2.35. The molecule has 1 aliphatic rings. The van der Waals surface area contributed by atoms with E-state index in [0.29, 0.717) is 19.0 Å². The van der Waals surface area contributed by atoms with E-state index in [0.717, 1.165) is 23.3 Å². The smallest absolute Gasteiger partial charge is 0.378 e. The topological polar surface area (TPSA) is 50.8 Å². The van der Waals surface area contributed by atoms with Gasteiger partial charge in [0, 0.05) is 6.20 Å². The maximum atomic E-state index is 12.8. The van der Waals surface area contributed by atoms with Crippen molar-refractivity contribution in [2.75, 3.05) is 13.2 Å². The summed E-state index contributed by atoms with van der Waals surface area (Å²) in [6.45, 7) is 0.865. The van der Waals surface area contributed by atoms with Gasteiger partial charge in [0.2, 0.25) is 0 Å². The molecule has 1 N–H and O–H groups in total. The predicted molar refractivity (Wildman–Crippen MR) is 85.1 cm³/mol. The fourth-order valence-electron chi connectivity index (χ4n) is 2.90. The van der Waals surface area contributed by atoms with Crippen LogP contribution in [0.5, 0.6) is 0 Å². The summed E-state index contributed by atoms with van der Waals surface area (Å²) in [6.07, 6.45) is -3.62. The van der Waals surface area contributed by atoms with Gasteiger partial charge >= 0.3 is 6.18 Å². The number of hydrogen-bond donors (Lipinski definition) is 1. The lowest BCUT2D eigenvalue weighted by Gasteiger charge is -2.40. The molecule has 1 saturated heterocycles. The van der Waals surface area contributed by atoms with E-state index in [1.54, 1.807) is 0 Å². The van der Waals surface area contributed by atoms with Gasteiger partial charge in [-0.1, -0.05) is 29.7 Å². The standard InChI is InChI=1S/C16H13BF3N3O/c17-11-3-1-9(2-4-11)15(7-24-8-15)14-22-12-5-10(16(18,19)20)6-21-13(12)23-14/h1-6H,7-8,17H2,(H,21,22,23). The van der Waals surface area contributed by atoms with E-state index in [2.05, 4.69) is 15.0 Å². The van der Waals surface area contributed by atoms with E-state index in [1.165, 1.54) is 0 Å². The van der Waals surface area contributed by atoms with Gasteiger partial charge in [0.25, 0.3) is 0 Å². The first-order valence-corrected chi connectivity index (χ1v) is 7.47. The van der Waals surface area contributed by atoms with E-state index in [4.69, 9.17) is 4.74 Å². The van der Waals surface area contributed by atoms with Crippen LogP contribution in [0.3, 0.4) is 0 Å². The predicted octanol–water partition coefficient (Wildman–Crippen LogP) is 1.55. The number of pyridine rings is 1. The number of benzene rings is 1. The Morgan fingerprint density at radius 2 is 1.88 bits per heavy atom. The molecule has 1 aliphatic heterocycles. The molecule has 0 atom stereocenters. The normalized spacial score (nSPS) is 17.0. The second-order valence-electron chi connectivity index (χ2n) is 6.12. The molecule has 24 heavy (non-hydrogen) atoms. The van der Waals surface area contributed by atoms with E-state index >= 15 is 0 Å². The number of H-pyrrole nitrogens is 1. The number of aromatic nitrogens is 3. The van der Waals surface area contributed by atoms with Crippen molar-refractivity contribution < 1.29 is 17.9 Å². The van der Waals surface area contributed by atoms with Crippen LogP contribution in [0, 0.1) is 0 Å². The van der Waals surface area contributed by atoms with Crippen molar-refractivity contribution in [1.29, 1.82) is 0 Å². The number of hydrogen-bond acceptors (Lipinski definition) is 3. The van der Waals surface area contributed by atoms with Crippen molar-refractivity contribution >= 4 is 24.5 Å². The van der Waals surface area contributed by atoms with Crippen LogP contribution in [0.15, 0.2) is 36.5 Å². The van der Waals surface area contributed by atoms with Crippen LogP contribution in [-0.2, 0) is 16.3 Å². The molecule has 0 amide bonds. The fourth-order valence-corrected chi connectivity index (χ4v) is 2.90. The number of alkyl halides is 3. The molecule has 122 valence electrons. The minimum atomic E-state index is -4.43. The molecule has 4 rings (SSSR count). The highest BCUT2D eigenvalue weighted by Gasteiger charge is 2.45. The first-order chi connectivity index (χ1) is 11.4. The van der Waals surface area contributed by atoms with E-state index in [9.17, 15) is 13.2 Å². The fraction of sp³-hybridized carbons (Fsp3) is 0.250. The minimum Gasteiger partial charge on any atom is -0.378 e. The second-order valence-corrected chi connectivity index (χ2v) is 6.12. The zero-order chi connectivity index (χ0) is 16.9. The monoisotopic (exact) mass is 331 g/mol. The highest BCUT2D eigenvalue weighted by atomic mass is 19.4. The van der Waals surface area contributed by atoms with Crippen molar-refractivity contribution in [1.82, 2.24) is 15.0 Å². The van der Waals surface area contributed by atoms with Gasteiger partial charge in [-0.15, -0.1) is 0 Å². The van der Waals surface area contributed by atoms with Crippen molar-refractivity contribution in [3.63, 3.8) is 0 Å². The van der Waals surface area contributed by atoms with Gasteiger partial charge in [-0.3, -0.25) is 0 Å². The van der Waals surface area contributed by atoms with Crippen molar-refractivity contribution in [2.45, 2.75) is 11.6 Å². The van der Waals surface area contributed by atoms with Crippen LogP contribution in [0.4, 0.5) is 13.2 Å². The van der Waals surface area contributed by atoms with Crippen LogP contribution >= 0.6 is 0 Å². The summed E-state index contributed by atoms with van der Waals surface area (Å²) < 4.78 is 43.9. The molecule has 8 heteroatoms. The summed E-state index contributed by atoms with van der Waals surface area (Å²) in [4.78, 5) is 11.3. The summed E-state index contributed by atoms with van der Waals surface area (Å²) >= 11 is 0. The number of imidazole rings is 1. The molecule has 0 radical (unpaired) electrons. The number of aromatic amines is 1. The highest BCUT2D eigenvalue weighted by Crippen LogP contribution is 2.38. The number of nitrogens with one attached hydrogen (secondary N) is 1. The lowest BCUT2D eigenvalue weighted by molar-refractivity contribution is -0.137. The number of ether oxygens (including phenoxy) is 1. The average molecular weight is 331 g/mol. The third-order valence-corrected chi connectivity index (χ3v) is 4.42. The number of rotatable bonds is 2. The Morgan fingerprint density at radius 1 is 1.17 bits per heavy atom. The van der Waals surface area contributed by atoms with Gasteiger partial charge in [-0.05, 0) is 11.6 Å². The van der Waals surface area contributed by atoms with Gasteiger partial charge in [0.1, 0.15) is 13.7 Å². The number of fused-ring (bicyclic) bond motifs is 1. The number of halogens is 3. The van der Waals surface area contributed by atoms with Crippen LogP contribution < -0.4 is 5.46 Å². The van der Waals surface area contributed by atoms with Gasteiger partial charge in [0.05, 0.1) is 29.7 Å². The third kappa shape index (κ3) is 2.29. The van der Waals surface area contributed by atoms with Crippen molar-refractivity contribution in [3.05, 3.63) is 53.5 Å². The zero-order valence-corrected chi connectivity index (χ0v) is 12.8. The lowest BCUT2D eigenvalue weighted by atomic mass is 9.77. The Labute approximate surface area is 136 Å².